The molecule has 1 saturated carbocycles. The van der Waals surface area contributed by atoms with Gasteiger partial charge in [0.1, 0.15) is 6.04 Å². The Morgan fingerprint density at radius 2 is 1.95 bits per heavy atom. The molecular weight excluding hydrogens is 278 g/mol. The molecule has 0 aromatic heterocycles. The number of carbonyl (C=O) groups excluding carboxylic acids is 2. The highest BCUT2D eigenvalue weighted by Gasteiger charge is 2.51. The van der Waals surface area contributed by atoms with Gasteiger partial charge in [0, 0.05) is 5.02 Å². The van der Waals surface area contributed by atoms with Crippen LogP contribution in [0.15, 0.2) is 24.3 Å². The molecule has 0 spiro atoms. The number of carbonyl (C=O) groups is 2. The number of benzene rings is 1. The number of hydrogen-bond donors (Lipinski definition) is 1. The second kappa shape index (κ2) is 5.83. The van der Waals surface area contributed by atoms with Crippen molar-refractivity contribution in [2.75, 3.05) is 6.61 Å². The van der Waals surface area contributed by atoms with Crippen LogP contribution >= 0.6 is 11.6 Å². The van der Waals surface area contributed by atoms with E-state index >= 15 is 0 Å². The molecule has 0 saturated heterocycles. The molecule has 2 rings (SSSR count). The molecule has 1 N–H and O–H groups in total. The standard InChI is InChI=1S/C15H18ClNO3/c1-3-20-13(18)10(2)17-14(19)15(8-9-15)11-4-6-12(16)7-5-11/h4-7,10H,3,8-9H2,1-2H3,(H,17,19). The summed E-state index contributed by atoms with van der Waals surface area (Å²) < 4.78 is 4.89. The maximum absolute atomic E-state index is 12.4. The highest BCUT2D eigenvalue weighted by Crippen LogP contribution is 2.48. The third-order valence-electron chi connectivity index (χ3n) is 3.57. The Labute approximate surface area is 123 Å². The summed E-state index contributed by atoms with van der Waals surface area (Å²) in [6, 6.07) is 6.65. The normalized spacial score (nSPS) is 17.1. The first-order valence-electron chi connectivity index (χ1n) is 6.73. The quantitative estimate of drug-likeness (QED) is 0.849. The Morgan fingerprint density at radius 1 is 1.35 bits per heavy atom. The molecule has 1 aliphatic rings. The molecule has 0 radical (unpaired) electrons. The van der Waals surface area contributed by atoms with Crippen LogP contribution in [-0.2, 0) is 19.7 Å². The predicted molar refractivity (Wildman–Crippen MR) is 76.6 cm³/mol. The van der Waals surface area contributed by atoms with Gasteiger partial charge in [0.25, 0.3) is 0 Å². The van der Waals surface area contributed by atoms with E-state index in [0.29, 0.717) is 11.6 Å². The zero-order valence-corrected chi connectivity index (χ0v) is 12.4. The van der Waals surface area contributed by atoms with Gasteiger partial charge < -0.3 is 10.1 Å². The second-order valence-corrected chi connectivity index (χ2v) is 5.47. The fraction of sp³-hybridized carbons (Fsp3) is 0.467. The van der Waals surface area contributed by atoms with Gasteiger partial charge in [0.05, 0.1) is 12.0 Å². The van der Waals surface area contributed by atoms with Crippen molar-refractivity contribution in [2.45, 2.75) is 38.1 Å². The van der Waals surface area contributed by atoms with Crippen LogP contribution in [0.2, 0.25) is 5.02 Å². The lowest BCUT2D eigenvalue weighted by Crippen LogP contribution is -2.44. The van der Waals surface area contributed by atoms with Crippen molar-refractivity contribution in [1.29, 1.82) is 0 Å². The maximum atomic E-state index is 12.4. The molecule has 0 heterocycles. The molecule has 1 aliphatic carbocycles. The van der Waals surface area contributed by atoms with E-state index in [2.05, 4.69) is 5.32 Å². The minimum absolute atomic E-state index is 0.125. The first-order chi connectivity index (χ1) is 9.49. The minimum Gasteiger partial charge on any atom is -0.464 e. The first-order valence-corrected chi connectivity index (χ1v) is 7.11. The van der Waals surface area contributed by atoms with E-state index in [-0.39, 0.29) is 5.91 Å². The Morgan fingerprint density at radius 3 is 2.45 bits per heavy atom. The van der Waals surface area contributed by atoms with Crippen LogP contribution in [0.4, 0.5) is 0 Å². The van der Waals surface area contributed by atoms with Gasteiger partial charge in [-0.15, -0.1) is 0 Å². The Hall–Kier alpha value is -1.55. The highest BCUT2D eigenvalue weighted by molar-refractivity contribution is 6.30. The smallest absolute Gasteiger partial charge is 0.328 e. The van der Waals surface area contributed by atoms with Crippen LogP contribution in [0.1, 0.15) is 32.3 Å². The Balaban J connectivity index is 2.05. The SMILES string of the molecule is CCOC(=O)C(C)NC(=O)C1(c2ccc(Cl)cc2)CC1. The van der Waals surface area contributed by atoms with Crippen molar-refractivity contribution in [1.82, 2.24) is 5.32 Å². The van der Waals surface area contributed by atoms with E-state index in [4.69, 9.17) is 16.3 Å². The van der Waals surface area contributed by atoms with E-state index in [1.165, 1.54) is 0 Å². The van der Waals surface area contributed by atoms with Crippen LogP contribution in [-0.4, -0.2) is 24.5 Å². The Kier molecular flexibility index (Phi) is 4.33. The lowest BCUT2D eigenvalue weighted by atomic mass is 9.95. The summed E-state index contributed by atoms with van der Waals surface area (Å²) >= 11 is 5.86. The zero-order valence-electron chi connectivity index (χ0n) is 11.6. The zero-order chi connectivity index (χ0) is 14.8. The van der Waals surface area contributed by atoms with Gasteiger partial charge in [0.15, 0.2) is 0 Å². The van der Waals surface area contributed by atoms with E-state index < -0.39 is 17.4 Å². The monoisotopic (exact) mass is 295 g/mol. The van der Waals surface area contributed by atoms with Crippen molar-refractivity contribution in [3.63, 3.8) is 0 Å². The second-order valence-electron chi connectivity index (χ2n) is 5.04. The van der Waals surface area contributed by atoms with Crippen molar-refractivity contribution in [2.24, 2.45) is 0 Å². The molecule has 0 bridgehead atoms. The molecule has 4 nitrogen and oxygen atoms in total. The summed E-state index contributed by atoms with van der Waals surface area (Å²) in [5.41, 5.74) is 0.432. The number of ether oxygens (including phenoxy) is 1. The van der Waals surface area contributed by atoms with Crippen LogP contribution in [0.25, 0.3) is 0 Å². The molecule has 1 aromatic carbocycles. The lowest BCUT2D eigenvalue weighted by Gasteiger charge is -2.19. The van der Waals surface area contributed by atoms with E-state index in [1.54, 1.807) is 26.0 Å². The summed E-state index contributed by atoms with van der Waals surface area (Å²) in [4.78, 5) is 23.9. The van der Waals surface area contributed by atoms with Crippen molar-refractivity contribution >= 4 is 23.5 Å². The molecule has 108 valence electrons. The number of rotatable bonds is 5. The average Bonchev–Trinajstić information content (AvgIpc) is 3.21. The van der Waals surface area contributed by atoms with Crippen LogP contribution in [0.5, 0.6) is 0 Å². The van der Waals surface area contributed by atoms with Gasteiger partial charge >= 0.3 is 5.97 Å². The summed E-state index contributed by atoms with van der Waals surface area (Å²) in [6.07, 6.45) is 1.58. The molecular formula is C15H18ClNO3. The molecule has 0 aliphatic heterocycles. The molecule has 1 atom stereocenters. The van der Waals surface area contributed by atoms with Gasteiger partial charge in [-0.1, -0.05) is 23.7 Å². The molecule has 20 heavy (non-hydrogen) atoms. The maximum Gasteiger partial charge on any atom is 0.328 e. The number of nitrogens with one attached hydrogen (secondary N) is 1. The predicted octanol–water partition coefficient (Wildman–Crippen LogP) is 2.44. The number of halogens is 1. The summed E-state index contributed by atoms with van der Waals surface area (Å²) in [5, 5.41) is 3.38. The molecule has 5 heteroatoms. The average molecular weight is 296 g/mol. The molecule has 1 amide bonds. The van der Waals surface area contributed by atoms with Gasteiger partial charge in [0.2, 0.25) is 5.91 Å². The highest BCUT2D eigenvalue weighted by atomic mass is 35.5. The number of hydrogen-bond acceptors (Lipinski definition) is 3. The van der Waals surface area contributed by atoms with Gasteiger partial charge in [-0.05, 0) is 44.4 Å². The number of esters is 1. The summed E-state index contributed by atoms with van der Waals surface area (Å²) in [5.74, 6) is -0.534. The third kappa shape index (κ3) is 2.96. The molecule has 1 fully saturated rings. The fourth-order valence-corrected chi connectivity index (χ4v) is 2.33. The number of amides is 1. The van der Waals surface area contributed by atoms with Crippen molar-refractivity contribution in [3.8, 4) is 0 Å². The van der Waals surface area contributed by atoms with Crippen LogP contribution < -0.4 is 5.32 Å². The first kappa shape index (κ1) is 14.9. The fourth-order valence-electron chi connectivity index (χ4n) is 2.20. The Bertz CT molecular complexity index is 508. The van der Waals surface area contributed by atoms with Gasteiger partial charge in [-0.2, -0.15) is 0 Å². The van der Waals surface area contributed by atoms with E-state index in [1.807, 2.05) is 12.1 Å². The minimum atomic E-state index is -0.632. The van der Waals surface area contributed by atoms with Crippen LogP contribution in [0, 0.1) is 0 Å². The lowest BCUT2D eigenvalue weighted by molar-refractivity contribution is -0.147. The largest absolute Gasteiger partial charge is 0.464 e. The van der Waals surface area contributed by atoms with Crippen molar-refractivity contribution < 1.29 is 14.3 Å². The summed E-state index contributed by atoms with van der Waals surface area (Å²) in [7, 11) is 0. The molecule has 1 aromatic rings. The van der Waals surface area contributed by atoms with Gasteiger partial charge in [-0.25, -0.2) is 4.79 Å². The van der Waals surface area contributed by atoms with Crippen molar-refractivity contribution in [3.05, 3.63) is 34.9 Å². The topological polar surface area (TPSA) is 55.4 Å². The van der Waals surface area contributed by atoms with E-state index in [0.717, 1.165) is 18.4 Å². The molecule has 1 unspecified atom stereocenters. The van der Waals surface area contributed by atoms with Gasteiger partial charge in [-0.3, -0.25) is 4.79 Å². The summed E-state index contributed by atoms with van der Waals surface area (Å²) in [6.45, 7) is 3.68. The third-order valence-corrected chi connectivity index (χ3v) is 3.82. The van der Waals surface area contributed by atoms with E-state index in [9.17, 15) is 9.59 Å². The van der Waals surface area contributed by atoms with Crippen LogP contribution in [0.3, 0.4) is 0 Å².